The van der Waals surface area contributed by atoms with Gasteiger partial charge in [0.25, 0.3) is 11.8 Å². The lowest BCUT2D eigenvalue weighted by Crippen LogP contribution is -2.41. The first-order valence-electron chi connectivity index (χ1n) is 28.2. The summed E-state index contributed by atoms with van der Waals surface area (Å²) >= 11 is 0. The lowest BCUT2D eigenvalue weighted by molar-refractivity contribution is -0.131. The molecule has 0 aliphatic heterocycles. The molecule has 0 saturated carbocycles. The Hall–Kier alpha value is -5.39. The average Bonchev–Trinajstić information content (AvgIpc) is 3.89. The molecule has 0 saturated heterocycles. The van der Waals surface area contributed by atoms with E-state index in [0.717, 1.165) is 38.5 Å². The predicted molar refractivity (Wildman–Crippen MR) is 290 cm³/mol. The molecule has 0 unspecified atom stereocenters. The number of amides is 2. The van der Waals surface area contributed by atoms with E-state index in [1.54, 1.807) is 42.5 Å². The predicted octanol–water partition coefficient (Wildman–Crippen LogP) is 16.3. The van der Waals surface area contributed by atoms with Gasteiger partial charge in [0.15, 0.2) is 11.5 Å². The van der Waals surface area contributed by atoms with Crippen molar-refractivity contribution in [3.8, 4) is 45.9 Å². The van der Waals surface area contributed by atoms with Crippen molar-refractivity contribution in [2.75, 3.05) is 19.8 Å². The third kappa shape index (κ3) is 24.4. The van der Waals surface area contributed by atoms with E-state index in [0.29, 0.717) is 59.7 Å². The number of unbranched alkanes of at least 4 members (excludes halogenated alkanes) is 27. The molecule has 0 radical (unpaired) electrons. The Kier molecular flexibility index (Phi) is 30.7. The van der Waals surface area contributed by atoms with Crippen LogP contribution < -0.4 is 29.8 Å². The molecule has 2 N–H and O–H groups in total. The summed E-state index contributed by atoms with van der Waals surface area (Å²) in [7, 11) is 0. The topological polar surface area (TPSA) is 151 Å². The Balaban J connectivity index is 1.45. The molecule has 0 aliphatic carbocycles. The second-order valence-corrected chi connectivity index (χ2v) is 19.4. The average molecular weight is 995 g/mol. The molecule has 0 fully saturated rings. The van der Waals surface area contributed by atoms with Crippen molar-refractivity contribution in [3.63, 3.8) is 0 Å². The monoisotopic (exact) mass is 995 g/mol. The largest absolute Gasteiger partial charge is 0.490 e. The molecule has 0 aliphatic rings. The number of rotatable bonds is 41. The van der Waals surface area contributed by atoms with E-state index >= 15 is 0 Å². The fourth-order valence-corrected chi connectivity index (χ4v) is 8.71. The van der Waals surface area contributed by atoms with Gasteiger partial charge >= 0.3 is 5.97 Å². The fourth-order valence-electron chi connectivity index (χ4n) is 8.71. The maximum Gasteiger partial charge on any atom is 0.308 e. The maximum atomic E-state index is 13.0. The molecule has 1 heterocycles. The van der Waals surface area contributed by atoms with Gasteiger partial charge in [-0.15, -0.1) is 10.2 Å². The second-order valence-electron chi connectivity index (χ2n) is 19.4. The number of hydrazine groups is 1. The summed E-state index contributed by atoms with van der Waals surface area (Å²) in [6.07, 6.45) is 37.4. The molecule has 398 valence electrons. The lowest BCUT2D eigenvalue weighted by Gasteiger charge is -2.18. The fraction of sp³-hybridized carbons (Fsp3) is 0.617. The van der Waals surface area contributed by atoms with E-state index in [2.05, 4.69) is 41.8 Å². The van der Waals surface area contributed by atoms with Gasteiger partial charge in [-0.1, -0.05) is 200 Å². The van der Waals surface area contributed by atoms with Gasteiger partial charge in [0.1, 0.15) is 5.75 Å². The third-order valence-corrected chi connectivity index (χ3v) is 13.0. The highest BCUT2D eigenvalue weighted by Crippen LogP contribution is 2.42. The van der Waals surface area contributed by atoms with Crippen molar-refractivity contribution in [2.45, 2.75) is 220 Å². The van der Waals surface area contributed by atoms with Gasteiger partial charge in [0.2, 0.25) is 17.5 Å². The van der Waals surface area contributed by atoms with Crippen molar-refractivity contribution < 1.29 is 37.7 Å². The zero-order valence-corrected chi connectivity index (χ0v) is 44.8. The summed E-state index contributed by atoms with van der Waals surface area (Å²) in [4.78, 5) is 37.1. The van der Waals surface area contributed by atoms with Crippen LogP contribution in [0, 0.1) is 0 Å². The van der Waals surface area contributed by atoms with Crippen molar-refractivity contribution >= 4 is 17.8 Å². The van der Waals surface area contributed by atoms with E-state index in [1.165, 1.54) is 167 Å². The molecule has 0 bridgehead atoms. The molecule has 4 rings (SSSR count). The van der Waals surface area contributed by atoms with Gasteiger partial charge in [-0.05, 0) is 73.9 Å². The maximum absolute atomic E-state index is 13.0. The Bertz CT molecular complexity index is 2040. The SMILES string of the molecule is CCCCCCCCCCCCOc1cc(-c2nnc(-c3ccc(C(=O)NNC(=O)c4cccc(OC(C)=O)c4)cc3)o2)cc(OCCCCCCCCCCCC)c1OCCCCCCCCCCCC. The van der Waals surface area contributed by atoms with Gasteiger partial charge in [-0.2, -0.15) is 0 Å². The first kappa shape index (κ1) is 59.2. The number of carbonyl (C=O) groups is 3. The highest BCUT2D eigenvalue weighted by Gasteiger charge is 2.21. The zero-order chi connectivity index (χ0) is 51.3. The molecule has 0 atom stereocenters. The Morgan fingerprint density at radius 3 is 1.26 bits per heavy atom. The summed E-state index contributed by atoms with van der Waals surface area (Å²) in [5.41, 5.74) is 6.63. The summed E-state index contributed by atoms with van der Waals surface area (Å²) in [6.45, 7) is 9.78. The van der Waals surface area contributed by atoms with Crippen LogP contribution in [0.5, 0.6) is 23.0 Å². The van der Waals surface area contributed by atoms with Crippen molar-refractivity contribution in [3.05, 3.63) is 71.8 Å². The quantitative estimate of drug-likeness (QED) is 0.0190. The molecule has 4 aromatic rings. The van der Waals surface area contributed by atoms with Gasteiger partial charge in [-0.25, -0.2) is 0 Å². The van der Waals surface area contributed by atoms with Crippen LogP contribution in [-0.4, -0.2) is 47.8 Å². The third-order valence-electron chi connectivity index (χ3n) is 13.0. The lowest BCUT2D eigenvalue weighted by atomic mass is 10.1. The van der Waals surface area contributed by atoms with Gasteiger partial charge in [0, 0.05) is 29.2 Å². The van der Waals surface area contributed by atoms with Gasteiger partial charge in [-0.3, -0.25) is 25.2 Å². The van der Waals surface area contributed by atoms with Crippen LogP contribution in [0.3, 0.4) is 0 Å². The zero-order valence-electron chi connectivity index (χ0n) is 44.8. The van der Waals surface area contributed by atoms with Crippen LogP contribution in [0.1, 0.15) is 241 Å². The minimum Gasteiger partial charge on any atom is -0.490 e. The van der Waals surface area contributed by atoms with Gasteiger partial charge < -0.3 is 23.4 Å². The number of benzene rings is 3. The standard InChI is InChI=1S/C60H90N4O8/c1-5-8-11-14-17-20-23-26-29-32-42-68-54-46-52(47-55(69-43-33-30-27-24-21-18-15-12-9-6-2)56(54)70-44-34-31-28-25-22-19-16-13-10-7-3)60-64-63-59(72-60)50-40-38-49(39-41-50)57(66)61-62-58(67)51-36-35-37-53(45-51)71-48(4)65/h35-41,45-47H,5-34,42-44H2,1-4H3,(H,61,66)(H,62,67). The number of hydrogen-bond donors (Lipinski definition) is 2. The second kappa shape index (κ2) is 37.4. The number of ether oxygens (including phenoxy) is 4. The van der Waals surface area contributed by atoms with Crippen LogP contribution in [0.25, 0.3) is 22.9 Å². The van der Waals surface area contributed by atoms with Crippen molar-refractivity contribution in [2.24, 2.45) is 0 Å². The smallest absolute Gasteiger partial charge is 0.308 e. The molecule has 12 nitrogen and oxygen atoms in total. The number of esters is 1. The number of carbonyl (C=O) groups excluding carboxylic acids is 3. The molecular formula is C60H90N4O8. The first-order valence-corrected chi connectivity index (χ1v) is 28.2. The van der Waals surface area contributed by atoms with E-state index < -0.39 is 17.8 Å². The van der Waals surface area contributed by atoms with Crippen molar-refractivity contribution in [1.29, 1.82) is 0 Å². The summed E-state index contributed by atoms with van der Waals surface area (Å²) < 4.78 is 31.2. The summed E-state index contributed by atoms with van der Waals surface area (Å²) in [6, 6.07) is 16.6. The summed E-state index contributed by atoms with van der Waals surface area (Å²) in [5, 5.41) is 8.86. The normalized spacial score (nSPS) is 11.1. The summed E-state index contributed by atoms with van der Waals surface area (Å²) in [5.74, 6) is 1.08. The number of aromatic nitrogens is 2. The Morgan fingerprint density at radius 2 is 0.833 bits per heavy atom. The van der Waals surface area contributed by atoms with Crippen LogP contribution in [-0.2, 0) is 4.79 Å². The molecule has 2 amide bonds. The van der Waals surface area contributed by atoms with E-state index in [9.17, 15) is 14.4 Å². The Morgan fingerprint density at radius 1 is 0.444 bits per heavy atom. The number of nitrogens with one attached hydrogen (secondary N) is 2. The van der Waals surface area contributed by atoms with Crippen LogP contribution >= 0.6 is 0 Å². The molecule has 12 heteroatoms. The molecule has 72 heavy (non-hydrogen) atoms. The minimum atomic E-state index is -0.569. The number of nitrogens with zero attached hydrogens (tertiary/aromatic N) is 2. The van der Waals surface area contributed by atoms with Crippen LogP contribution in [0.2, 0.25) is 0 Å². The highest BCUT2D eigenvalue weighted by molar-refractivity contribution is 5.99. The van der Waals surface area contributed by atoms with E-state index in [-0.39, 0.29) is 17.2 Å². The Labute approximate surface area is 432 Å². The van der Waals surface area contributed by atoms with E-state index in [4.69, 9.17) is 23.4 Å². The van der Waals surface area contributed by atoms with Crippen LogP contribution in [0.15, 0.2) is 65.1 Å². The van der Waals surface area contributed by atoms with Gasteiger partial charge in [0.05, 0.1) is 19.8 Å². The molecule has 3 aromatic carbocycles. The molecular weight excluding hydrogens is 905 g/mol. The molecule has 0 spiro atoms. The minimum absolute atomic E-state index is 0.212. The number of hydrogen-bond acceptors (Lipinski definition) is 10. The van der Waals surface area contributed by atoms with E-state index in [1.807, 2.05) is 12.1 Å². The first-order chi connectivity index (χ1) is 35.3. The highest BCUT2D eigenvalue weighted by atomic mass is 16.5. The van der Waals surface area contributed by atoms with Crippen LogP contribution in [0.4, 0.5) is 0 Å². The molecule has 1 aromatic heterocycles. The van der Waals surface area contributed by atoms with Crippen molar-refractivity contribution in [1.82, 2.24) is 21.0 Å².